The number of aromatic nitrogens is 3. The molecule has 26 heavy (non-hydrogen) atoms. The number of amides is 2. The molecule has 9 heteroatoms. The van der Waals surface area contributed by atoms with Crippen molar-refractivity contribution in [1.29, 1.82) is 0 Å². The predicted octanol–water partition coefficient (Wildman–Crippen LogP) is 1.39. The topological polar surface area (TPSA) is 100 Å². The fraction of sp³-hybridized carbons (Fsp3) is 0.471. The zero-order chi connectivity index (χ0) is 18.5. The average Bonchev–Trinajstić information content (AvgIpc) is 3.09. The molecular formula is C17H22N6O2S. The van der Waals surface area contributed by atoms with Crippen LogP contribution in [0.2, 0.25) is 0 Å². The predicted molar refractivity (Wildman–Crippen MR) is 100 cm³/mol. The minimum Gasteiger partial charge on any atom is -0.359 e. The third-order valence-electron chi connectivity index (χ3n) is 4.30. The highest BCUT2D eigenvalue weighted by molar-refractivity contribution is 7.13. The smallest absolute Gasteiger partial charge is 0.231 e. The zero-order valence-corrected chi connectivity index (χ0v) is 15.7. The summed E-state index contributed by atoms with van der Waals surface area (Å²) in [4.78, 5) is 30.4. The molecule has 2 N–H and O–H groups in total. The first-order valence-electron chi connectivity index (χ1n) is 8.56. The number of nitrogens with zero attached hydrogens (tertiary/aromatic N) is 4. The SMILES string of the molecule is CNC(=O)Cc1csc(NC(=O)C2CCCN(c3ccc(C)nn3)C2)n1. The molecule has 0 aromatic carbocycles. The van der Waals surface area contributed by atoms with Gasteiger partial charge in [0.05, 0.1) is 23.7 Å². The number of carbonyl (C=O) groups excluding carboxylic acids is 2. The van der Waals surface area contributed by atoms with Gasteiger partial charge >= 0.3 is 0 Å². The second kappa shape index (κ2) is 8.22. The first-order valence-corrected chi connectivity index (χ1v) is 9.44. The van der Waals surface area contributed by atoms with Crippen LogP contribution >= 0.6 is 11.3 Å². The van der Waals surface area contributed by atoms with Crippen LogP contribution in [0.3, 0.4) is 0 Å². The van der Waals surface area contributed by atoms with Crippen LogP contribution in [0.25, 0.3) is 0 Å². The van der Waals surface area contributed by atoms with Crippen molar-refractivity contribution in [3.63, 3.8) is 0 Å². The highest BCUT2D eigenvalue weighted by atomic mass is 32.1. The number of piperidine rings is 1. The van der Waals surface area contributed by atoms with Crippen molar-refractivity contribution in [2.24, 2.45) is 5.92 Å². The molecular weight excluding hydrogens is 352 g/mol. The summed E-state index contributed by atoms with van der Waals surface area (Å²) in [6.45, 7) is 3.38. The summed E-state index contributed by atoms with van der Waals surface area (Å²) in [6.07, 6.45) is 1.97. The number of hydrogen-bond acceptors (Lipinski definition) is 7. The highest BCUT2D eigenvalue weighted by Gasteiger charge is 2.27. The van der Waals surface area contributed by atoms with Gasteiger partial charge in [0.1, 0.15) is 0 Å². The van der Waals surface area contributed by atoms with Crippen molar-refractivity contribution in [3.8, 4) is 0 Å². The van der Waals surface area contributed by atoms with Gasteiger partial charge in [0.15, 0.2) is 10.9 Å². The standard InChI is InChI=1S/C17H22N6O2S/c1-11-5-6-14(22-21-11)23-7-3-4-12(9-23)16(25)20-17-19-13(10-26-17)8-15(24)18-2/h5-6,10,12H,3-4,7-9H2,1-2H3,(H,18,24)(H,19,20,25). The maximum absolute atomic E-state index is 12.6. The van der Waals surface area contributed by atoms with E-state index in [-0.39, 0.29) is 24.2 Å². The average molecular weight is 374 g/mol. The van der Waals surface area contributed by atoms with Crippen molar-refractivity contribution in [2.45, 2.75) is 26.2 Å². The molecule has 3 rings (SSSR count). The molecule has 0 saturated carbocycles. The number of nitrogens with one attached hydrogen (secondary N) is 2. The first-order chi connectivity index (χ1) is 12.5. The lowest BCUT2D eigenvalue weighted by Gasteiger charge is -2.32. The Bertz CT molecular complexity index is 776. The van der Waals surface area contributed by atoms with Gasteiger partial charge in [-0.05, 0) is 31.9 Å². The Kier molecular flexibility index (Phi) is 5.77. The number of hydrogen-bond donors (Lipinski definition) is 2. The van der Waals surface area contributed by atoms with Gasteiger partial charge in [0.2, 0.25) is 11.8 Å². The van der Waals surface area contributed by atoms with Crippen molar-refractivity contribution in [1.82, 2.24) is 20.5 Å². The lowest BCUT2D eigenvalue weighted by Crippen LogP contribution is -2.41. The summed E-state index contributed by atoms with van der Waals surface area (Å²) >= 11 is 1.33. The van der Waals surface area contributed by atoms with E-state index in [1.54, 1.807) is 12.4 Å². The van der Waals surface area contributed by atoms with E-state index in [9.17, 15) is 9.59 Å². The lowest BCUT2D eigenvalue weighted by molar-refractivity contribution is -0.120. The van der Waals surface area contributed by atoms with E-state index >= 15 is 0 Å². The summed E-state index contributed by atoms with van der Waals surface area (Å²) in [5.74, 6) is 0.527. The van der Waals surface area contributed by atoms with E-state index in [0.717, 1.165) is 30.9 Å². The Morgan fingerprint density at radius 1 is 1.35 bits per heavy atom. The Morgan fingerprint density at radius 2 is 2.19 bits per heavy atom. The maximum Gasteiger partial charge on any atom is 0.231 e. The molecule has 2 aromatic heterocycles. The van der Waals surface area contributed by atoms with Crippen molar-refractivity contribution in [3.05, 3.63) is 28.9 Å². The first kappa shape index (κ1) is 18.2. The van der Waals surface area contributed by atoms with Crippen LogP contribution in [0.4, 0.5) is 10.9 Å². The van der Waals surface area contributed by atoms with Crippen LogP contribution in [0.1, 0.15) is 24.2 Å². The van der Waals surface area contributed by atoms with Crippen LogP contribution in [0.5, 0.6) is 0 Å². The van der Waals surface area contributed by atoms with E-state index in [1.165, 1.54) is 11.3 Å². The molecule has 1 atom stereocenters. The van der Waals surface area contributed by atoms with Gasteiger partial charge in [-0.25, -0.2) is 4.98 Å². The molecule has 3 heterocycles. The van der Waals surface area contributed by atoms with E-state index < -0.39 is 0 Å². The van der Waals surface area contributed by atoms with E-state index in [4.69, 9.17) is 0 Å². The normalized spacial score (nSPS) is 17.0. The molecule has 1 fully saturated rings. The second-order valence-corrected chi connectivity index (χ2v) is 7.16. The van der Waals surface area contributed by atoms with Crippen LogP contribution in [0.15, 0.2) is 17.5 Å². The lowest BCUT2D eigenvalue weighted by atomic mass is 9.97. The summed E-state index contributed by atoms with van der Waals surface area (Å²) in [5.41, 5.74) is 1.53. The van der Waals surface area contributed by atoms with Crippen molar-refractivity contribution < 1.29 is 9.59 Å². The zero-order valence-electron chi connectivity index (χ0n) is 14.9. The van der Waals surface area contributed by atoms with Crippen LogP contribution in [-0.2, 0) is 16.0 Å². The van der Waals surface area contributed by atoms with E-state index in [1.807, 2.05) is 19.1 Å². The third kappa shape index (κ3) is 4.54. The van der Waals surface area contributed by atoms with E-state index in [2.05, 4.69) is 30.7 Å². The van der Waals surface area contributed by atoms with Gasteiger partial charge in [-0.15, -0.1) is 16.4 Å². The molecule has 1 saturated heterocycles. The van der Waals surface area contributed by atoms with Crippen molar-refractivity contribution in [2.75, 3.05) is 30.4 Å². The summed E-state index contributed by atoms with van der Waals surface area (Å²) in [6, 6.07) is 3.87. The van der Waals surface area contributed by atoms with Gasteiger partial charge in [0.25, 0.3) is 0 Å². The summed E-state index contributed by atoms with van der Waals surface area (Å²) in [7, 11) is 1.59. The largest absolute Gasteiger partial charge is 0.359 e. The number of anilines is 2. The molecule has 0 bridgehead atoms. The fourth-order valence-electron chi connectivity index (χ4n) is 2.87. The number of likely N-dealkylation sites (N-methyl/N-ethyl adjacent to an activating group) is 1. The Labute approximate surface area is 156 Å². The maximum atomic E-state index is 12.6. The molecule has 0 aliphatic carbocycles. The molecule has 0 spiro atoms. The number of rotatable bonds is 5. The quantitative estimate of drug-likeness (QED) is 0.820. The minimum absolute atomic E-state index is 0.0457. The van der Waals surface area contributed by atoms with Crippen LogP contribution in [-0.4, -0.2) is 47.1 Å². The molecule has 2 aromatic rings. The van der Waals surface area contributed by atoms with Crippen molar-refractivity contribution >= 4 is 34.1 Å². The molecule has 1 aliphatic heterocycles. The molecule has 8 nitrogen and oxygen atoms in total. The molecule has 2 amide bonds. The van der Waals surface area contributed by atoms with Gasteiger partial charge in [-0.1, -0.05) is 0 Å². The Morgan fingerprint density at radius 3 is 2.92 bits per heavy atom. The Balaban J connectivity index is 1.59. The van der Waals surface area contributed by atoms with Gasteiger partial charge in [-0.3, -0.25) is 9.59 Å². The number of carbonyl (C=O) groups is 2. The minimum atomic E-state index is -0.127. The van der Waals surface area contributed by atoms with Gasteiger partial charge < -0.3 is 15.5 Å². The molecule has 1 aliphatic rings. The fourth-order valence-corrected chi connectivity index (χ4v) is 3.58. The second-order valence-electron chi connectivity index (χ2n) is 6.30. The van der Waals surface area contributed by atoms with Gasteiger partial charge in [-0.2, -0.15) is 5.10 Å². The van der Waals surface area contributed by atoms with Crippen LogP contribution in [0, 0.1) is 12.8 Å². The Hall–Kier alpha value is -2.55. The van der Waals surface area contributed by atoms with Gasteiger partial charge in [0, 0.05) is 25.5 Å². The molecule has 138 valence electrons. The highest BCUT2D eigenvalue weighted by Crippen LogP contribution is 2.23. The molecule has 1 unspecified atom stereocenters. The van der Waals surface area contributed by atoms with Crippen LogP contribution < -0.4 is 15.5 Å². The number of thiazole rings is 1. The summed E-state index contributed by atoms with van der Waals surface area (Å²) in [5, 5.41) is 16.1. The summed E-state index contributed by atoms with van der Waals surface area (Å²) < 4.78 is 0. The monoisotopic (exact) mass is 374 g/mol. The number of aryl methyl sites for hydroxylation is 1. The third-order valence-corrected chi connectivity index (χ3v) is 5.11. The van der Waals surface area contributed by atoms with E-state index in [0.29, 0.717) is 17.4 Å². The molecule has 0 radical (unpaired) electrons.